The van der Waals surface area contributed by atoms with Crippen molar-refractivity contribution in [2.24, 2.45) is 23.2 Å². The van der Waals surface area contributed by atoms with E-state index in [0.29, 0.717) is 0 Å². The lowest BCUT2D eigenvalue weighted by Gasteiger charge is -2.45. The maximum absolute atomic E-state index is 13.9. The Hall–Kier alpha value is -5.41. The minimum atomic E-state index is -2.39. The van der Waals surface area contributed by atoms with E-state index in [4.69, 9.17) is 28.4 Å². The first kappa shape index (κ1) is 45.3. The van der Waals surface area contributed by atoms with Gasteiger partial charge in [0.1, 0.15) is 35.6 Å². The van der Waals surface area contributed by atoms with Crippen LogP contribution in [0.5, 0.6) is 0 Å². The Bertz CT molecular complexity index is 1890. The predicted molar refractivity (Wildman–Crippen MR) is 205 cm³/mol. The molecule has 0 unspecified atom stereocenters. The summed E-state index contributed by atoms with van der Waals surface area (Å²) < 4.78 is 35.8. The number of benzene rings is 1. The average molecular weight is 808 g/mol. The molecule has 2 aliphatic carbocycles. The number of fused-ring (bicyclic) bond motifs is 1. The number of pyridine rings is 1. The Labute approximate surface area is 337 Å². The van der Waals surface area contributed by atoms with Gasteiger partial charge in [-0.15, -0.1) is 0 Å². The number of esters is 6. The van der Waals surface area contributed by atoms with E-state index in [1.165, 1.54) is 57.4 Å². The Morgan fingerprint density at radius 1 is 0.776 bits per heavy atom. The van der Waals surface area contributed by atoms with Gasteiger partial charge in [-0.25, -0.2) is 9.59 Å². The molecule has 0 aliphatic heterocycles. The van der Waals surface area contributed by atoms with Crippen molar-refractivity contribution in [3.05, 3.63) is 90.3 Å². The minimum Gasteiger partial charge on any atom is -0.459 e. The van der Waals surface area contributed by atoms with Crippen molar-refractivity contribution in [2.45, 2.75) is 117 Å². The summed E-state index contributed by atoms with van der Waals surface area (Å²) in [5.74, 6) is -8.66. The van der Waals surface area contributed by atoms with E-state index in [1.807, 2.05) is 0 Å². The maximum atomic E-state index is 13.9. The van der Waals surface area contributed by atoms with E-state index in [9.17, 15) is 39.0 Å². The van der Waals surface area contributed by atoms with Gasteiger partial charge in [-0.05, 0) is 31.2 Å². The molecule has 15 nitrogen and oxygen atoms in total. The van der Waals surface area contributed by atoms with Crippen LogP contribution in [0.15, 0.2) is 79.2 Å². The number of carbonyl (C=O) groups is 6. The molecule has 2 N–H and O–H groups in total. The molecular weight excluding hydrogens is 754 g/mol. The van der Waals surface area contributed by atoms with Crippen LogP contribution in [0.3, 0.4) is 0 Å². The summed E-state index contributed by atoms with van der Waals surface area (Å²) >= 11 is 0. The Morgan fingerprint density at radius 3 is 1.91 bits per heavy atom. The molecule has 314 valence electrons. The summed E-state index contributed by atoms with van der Waals surface area (Å²) in [6, 6.07) is 10.8. The van der Waals surface area contributed by atoms with E-state index in [-0.39, 0.29) is 16.7 Å². The van der Waals surface area contributed by atoms with Gasteiger partial charge in [-0.3, -0.25) is 24.2 Å². The van der Waals surface area contributed by atoms with E-state index < -0.39 is 113 Å². The van der Waals surface area contributed by atoms with Crippen molar-refractivity contribution in [2.75, 3.05) is 0 Å². The maximum Gasteiger partial charge on any atom is 0.340 e. The minimum absolute atomic E-state index is 0.0417. The largest absolute Gasteiger partial charge is 0.459 e. The van der Waals surface area contributed by atoms with Gasteiger partial charge >= 0.3 is 35.8 Å². The van der Waals surface area contributed by atoms with Crippen molar-refractivity contribution in [1.82, 2.24) is 4.98 Å². The smallest absolute Gasteiger partial charge is 0.340 e. The van der Waals surface area contributed by atoms with Crippen LogP contribution in [0.1, 0.15) is 89.5 Å². The number of hydrogen-bond donors (Lipinski definition) is 2. The predicted octanol–water partition coefficient (Wildman–Crippen LogP) is 4.49. The molecule has 1 saturated carbocycles. The standard InChI is InChI=1S/C43H53NO14/c1-23(2)38(49)55-34-25(4)33(53-26(5)45)31-36(56-39(50)29-15-12-11-13-16-29)42(10,58-28(7)47)22-43(31,52)35(54-27(6)46)24(3)18-19-41(8,9)37(32(34)48)57-40(51)30-17-14-20-44-21-30/h11-21,23-24,31-37,48,52H,4,22H2,1-3,5-10H3/t24-,31-,32+,33-,34-,35-,36+,37+,42+,43+/m0/s1. The summed E-state index contributed by atoms with van der Waals surface area (Å²) in [5, 5.41) is 25.7. The molecule has 2 aliphatic rings. The number of nitrogens with zero attached hydrogens (tertiary/aromatic N) is 1. The molecular formula is C43H53NO14. The zero-order valence-corrected chi connectivity index (χ0v) is 34.2. The first-order valence-corrected chi connectivity index (χ1v) is 18.9. The number of ether oxygens (including phenoxy) is 6. The first-order chi connectivity index (χ1) is 27.0. The van der Waals surface area contributed by atoms with Crippen molar-refractivity contribution in [3.63, 3.8) is 0 Å². The number of aliphatic hydroxyl groups is 2. The molecule has 0 spiro atoms. The van der Waals surface area contributed by atoms with Crippen molar-refractivity contribution < 1.29 is 67.4 Å². The Morgan fingerprint density at radius 2 is 1.36 bits per heavy atom. The second kappa shape index (κ2) is 18.0. The highest BCUT2D eigenvalue weighted by atomic mass is 16.6. The van der Waals surface area contributed by atoms with E-state index in [1.54, 1.807) is 51.1 Å². The lowest BCUT2D eigenvalue weighted by molar-refractivity contribution is -0.193. The number of rotatable bonds is 9. The Kier molecular flexibility index (Phi) is 14.1. The third-order valence-electron chi connectivity index (χ3n) is 10.4. The second-order valence-electron chi connectivity index (χ2n) is 16.0. The molecule has 15 heteroatoms. The van der Waals surface area contributed by atoms with Gasteiger partial charge in [0, 0.05) is 56.5 Å². The zero-order chi connectivity index (χ0) is 43.3. The fourth-order valence-corrected chi connectivity index (χ4v) is 7.78. The fourth-order valence-electron chi connectivity index (χ4n) is 7.78. The van der Waals surface area contributed by atoms with Crippen LogP contribution < -0.4 is 0 Å². The summed E-state index contributed by atoms with van der Waals surface area (Å²) in [4.78, 5) is 83.8. The van der Waals surface area contributed by atoms with Gasteiger partial charge in [0.25, 0.3) is 0 Å². The van der Waals surface area contributed by atoms with Gasteiger partial charge in [0.15, 0.2) is 12.2 Å². The third-order valence-corrected chi connectivity index (χ3v) is 10.4. The number of aromatic nitrogens is 1. The highest BCUT2D eigenvalue weighted by Gasteiger charge is 2.70. The number of hydrogen-bond acceptors (Lipinski definition) is 15. The molecule has 1 aromatic carbocycles. The van der Waals surface area contributed by atoms with Crippen LogP contribution in [-0.2, 0) is 47.6 Å². The van der Waals surface area contributed by atoms with E-state index >= 15 is 0 Å². The van der Waals surface area contributed by atoms with Crippen LogP contribution in [0.25, 0.3) is 0 Å². The second-order valence-corrected chi connectivity index (χ2v) is 16.0. The normalized spacial score (nSPS) is 30.7. The molecule has 0 radical (unpaired) electrons. The van der Waals surface area contributed by atoms with Crippen LogP contribution in [-0.4, -0.2) is 98.8 Å². The zero-order valence-electron chi connectivity index (χ0n) is 34.2. The Balaban J connectivity index is 2.08. The molecule has 58 heavy (non-hydrogen) atoms. The monoisotopic (exact) mass is 807 g/mol. The fraction of sp³-hybridized carbons (Fsp3) is 0.512. The van der Waals surface area contributed by atoms with Gasteiger partial charge in [0.2, 0.25) is 0 Å². The molecule has 0 amide bonds. The van der Waals surface area contributed by atoms with Crippen LogP contribution in [0.4, 0.5) is 0 Å². The summed E-state index contributed by atoms with van der Waals surface area (Å²) in [7, 11) is 0. The average Bonchev–Trinajstić information content (AvgIpc) is 3.36. The number of carbonyl (C=O) groups excluding carboxylic acids is 6. The highest BCUT2D eigenvalue weighted by Crippen LogP contribution is 2.54. The van der Waals surface area contributed by atoms with Gasteiger partial charge in [-0.2, -0.15) is 0 Å². The van der Waals surface area contributed by atoms with Crippen molar-refractivity contribution in [1.29, 1.82) is 0 Å². The molecule has 4 rings (SSSR count). The van der Waals surface area contributed by atoms with Crippen LogP contribution >= 0.6 is 0 Å². The van der Waals surface area contributed by atoms with Gasteiger partial charge in [-0.1, -0.05) is 71.5 Å². The number of aliphatic hydroxyl groups excluding tert-OH is 1. The lowest BCUT2D eigenvalue weighted by Crippen LogP contribution is -2.59. The first-order valence-electron chi connectivity index (χ1n) is 18.9. The molecule has 2 aromatic rings. The molecule has 0 saturated heterocycles. The molecule has 1 aromatic heterocycles. The van der Waals surface area contributed by atoms with Crippen molar-refractivity contribution in [3.8, 4) is 0 Å². The molecule has 10 atom stereocenters. The van der Waals surface area contributed by atoms with Gasteiger partial charge < -0.3 is 38.6 Å². The molecule has 1 fully saturated rings. The summed E-state index contributed by atoms with van der Waals surface area (Å²) in [6.45, 7) is 16.8. The van der Waals surface area contributed by atoms with Crippen LogP contribution in [0, 0.1) is 23.2 Å². The van der Waals surface area contributed by atoms with Gasteiger partial charge in [0.05, 0.1) is 23.0 Å². The topological polar surface area (TPSA) is 211 Å². The van der Waals surface area contributed by atoms with E-state index in [0.717, 1.165) is 20.8 Å². The highest BCUT2D eigenvalue weighted by molar-refractivity contribution is 5.90. The molecule has 0 bridgehead atoms. The molecule has 1 heterocycles. The van der Waals surface area contributed by atoms with E-state index in [2.05, 4.69) is 11.6 Å². The summed E-state index contributed by atoms with van der Waals surface area (Å²) in [6.07, 6.45) is -5.08. The van der Waals surface area contributed by atoms with Crippen LogP contribution in [0.2, 0.25) is 0 Å². The third kappa shape index (κ3) is 9.99. The lowest BCUT2D eigenvalue weighted by atomic mass is 9.71. The SMILES string of the molecule is C=C1[C@H](OC(=O)C(C)C)[C@@H](O)[C@@H](OC(=O)c2cccnc2)C(C)(C)C=C[C@H](C)[C@H](OC(C)=O)[C@@]2(O)C[C@@](C)(OC(C)=O)[C@H](OC(=O)c3ccccc3)[C@@H]2[C@H]1OC(C)=O. The summed E-state index contributed by atoms with van der Waals surface area (Å²) in [5.41, 5.74) is -5.84. The van der Waals surface area contributed by atoms with Crippen molar-refractivity contribution >= 4 is 35.8 Å². The quantitative estimate of drug-likeness (QED) is 0.203.